The van der Waals surface area contributed by atoms with E-state index in [4.69, 9.17) is 4.74 Å². The van der Waals surface area contributed by atoms with Gasteiger partial charge in [-0.15, -0.1) is 4.43 Å². The zero-order chi connectivity index (χ0) is 10.3. The molecule has 0 N–H and O–H groups in total. The van der Waals surface area contributed by atoms with E-state index in [2.05, 4.69) is 34.5 Å². The van der Waals surface area contributed by atoms with Crippen molar-refractivity contribution in [1.82, 2.24) is 0 Å². The van der Waals surface area contributed by atoms with E-state index in [1.54, 1.807) is 0 Å². The van der Waals surface area contributed by atoms with Crippen LogP contribution in [-0.2, 0) is 6.42 Å². The van der Waals surface area contributed by atoms with Gasteiger partial charge in [-0.2, -0.15) is 0 Å². The van der Waals surface area contributed by atoms with Crippen LogP contribution in [0.1, 0.15) is 11.1 Å². The molecule has 2 aromatic carbocycles. The molecule has 2 heteroatoms. The largest absolute Gasteiger partial charge is 0.457 e. The lowest BCUT2D eigenvalue weighted by molar-refractivity contribution is 0.461. The molecule has 0 atom stereocenters. The Morgan fingerprint density at radius 1 is 0.933 bits per heavy atom. The maximum Gasteiger partial charge on any atom is 0.176 e. The average molecular weight is 208 g/mol. The normalized spacial score (nSPS) is 12.5. The van der Waals surface area contributed by atoms with Crippen LogP contribution in [-0.4, -0.2) is 16.3 Å². The standard InChI is InChI=1S/C13H9O.Al/c1-3-7-12-10(5-1)9-11-6-2-4-8-13(11)14-12;/h1-5,7-8H,9H2;. The second-order valence-electron chi connectivity index (χ2n) is 3.71. The summed E-state index contributed by atoms with van der Waals surface area (Å²) in [6.45, 7) is 0. The number of ether oxygens (including phenoxy) is 1. The third kappa shape index (κ3) is 1.47. The van der Waals surface area contributed by atoms with Crippen LogP contribution in [0.5, 0.6) is 11.5 Å². The minimum absolute atomic E-state index is 0.963. The molecule has 0 bridgehead atoms. The molecular formula is C13H9AlO. The minimum atomic E-state index is 0.963. The smallest absolute Gasteiger partial charge is 0.176 e. The fourth-order valence-corrected chi connectivity index (χ4v) is 2.28. The van der Waals surface area contributed by atoms with E-state index in [0.29, 0.717) is 0 Å². The van der Waals surface area contributed by atoms with Crippen molar-refractivity contribution in [2.75, 3.05) is 0 Å². The number of hydrogen-bond donors (Lipinski definition) is 0. The molecule has 15 heavy (non-hydrogen) atoms. The van der Waals surface area contributed by atoms with Crippen LogP contribution in [0, 0.1) is 0 Å². The first-order valence-electron chi connectivity index (χ1n) is 4.98. The molecular weight excluding hydrogens is 199 g/mol. The fraction of sp³-hybridized carbons (Fsp3) is 0.0769. The monoisotopic (exact) mass is 208 g/mol. The summed E-state index contributed by atoms with van der Waals surface area (Å²) in [6.07, 6.45) is 0.963. The van der Waals surface area contributed by atoms with Crippen molar-refractivity contribution in [3.63, 3.8) is 0 Å². The molecule has 2 radical (unpaired) electrons. The van der Waals surface area contributed by atoms with Crippen LogP contribution in [0.15, 0.2) is 42.5 Å². The van der Waals surface area contributed by atoms with Gasteiger partial charge in [0.2, 0.25) is 0 Å². The van der Waals surface area contributed by atoms with E-state index >= 15 is 0 Å². The van der Waals surface area contributed by atoms with Gasteiger partial charge in [-0.05, 0) is 23.3 Å². The Morgan fingerprint density at radius 3 is 2.67 bits per heavy atom. The Kier molecular flexibility index (Phi) is 2.06. The van der Waals surface area contributed by atoms with Gasteiger partial charge in [-0.3, -0.25) is 0 Å². The van der Waals surface area contributed by atoms with E-state index < -0.39 is 0 Å². The van der Waals surface area contributed by atoms with Gasteiger partial charge in [-0.1, -0.05) is 30.3 Å². The molecule has 1 nitrogen and oxygen atoms in total. The number of rotatable bonds is 0. The zero-order valence-electron chi connectivity index (χ0n) is 8.23. The van der Waals surface area contributed by atoms with Crippen molar-refractivity contribution in [3.8, 4) is 11.5 Å². The fourth-order valence-electron chi connectivity index (χ4n) is 1.93. The Hall–Kier alpha value is -1.23. The van der Waals surface area contributed by atoms with E-state index in [0.717, 1.165) is 17.9 Å². The molecule has 0 aliphatic carbocycles. The predicted molar refractivity (Wildman–Crippen MR) is 61.2 cm³/mol. The first kappa shape index (κ1) is 9.03. The maximum absolute atomic E-state index is 5.84. The molecule has 1 aliphatic rings. The predicted octanol–water partition coefficient (Wildman–Crippen LogP) is 2.18. The topological polar surface area (TPSA) is 9.23 Å². The number of hydrogen-bond acceptors (Lipinski definition) is 1. The molecule has 2 aromatic rings. The molecule has 0 fully saturated rings. The maximum atomic E-state index is 5.84. The highest BCUT2D eigenvalue weighted by Gasteiger charge is 2.16. The number of fused-ring (bicyclic) bond motifs is 2. The van der Waals surface area contributed by atoms with Gasteiger partial charge in [-0.25, -0.2) is 0 Å². The quantitative estimate of drug-likeness (QED) is 0.514. The Bertz CT molecular complexity index is 520. The van der Waals surface area contributed by atoms with E-state index in [1.165, 1.54) is 15.6 Å². The van der Waals surface area contributed by atoms with Crippen molar-refractivity contribution in [1.29, 1.82) is 0 Å². The molecule has 0 amide bonds. The summed E-state index contributed by atoms with van der Waals surface area (Å²) in [5.41, 5.74) is 2.54. The highest BCUT2D eigenvalue weighted by Crippen LogP contribution is 2.34. The van der Waals surface area contributed by atoms with Gasteiger partial charge >= 0.3 is 0 Å². The SMILES string of the molecule is [Al][c]1cccc2c1Cc1ccccc1O2. The molecule has 0 aromatic heterocycles. The summed E-state index contributed by atoms with van der Waals surface area (Å²) in [5.74, 6) is 1.97. The molecule has 70 valence electrons. The number of benzene rings is 2. The third-order valence-corrected chi connectivity index (χ3v) is 3.27. The second-order valence-corrected chi connectivity index (χ2v) is 4.33. The summed E-state index contributed by atoms with van der Waals surface area (Å²) in [5, 5.41) is 0. The summed E-state index contributed by atoms with van der Waals surface area (Å²) >= 11 is 2.77. The molecule has 1 heterocycles. The molecule has 0 spiro atoms. The van der Waals surface area contributed by atoms with E-state index in [9.17, 15) is 0 Å². The van der Waals surface area contributed by atoms with Gasteiger partial charge in [0, 0.05) is 6.42 Å². The van der Waals surface area contributed by atoms with Crippen molar-refractivity contribution in [2.45, 2.75) is 6.42 Å². The summed E-state index contributed by atoms with van der Waals surface area (Å²) in [4.78, 5) is 0. The average Bonchev–Trinajstić information content (AvgIpc) is 2.27. The lowest BCUT2D eigenvalue weighted by Crippen LogP contribution is -2.15. The Morgan fingerprint density at radius 2 is 1.73 bits per heavy atom. The second kappa shape index (κ2) is 3.41. The van der Waals surface area contributed by atoms with Gasteiger partial charge < -0.3 is 4.74 Å². The molecule has 0 saturated carbocycles. The highest BCUT2D eigenvalue weighted by atomic mass is 27.0. The van der Waals surface area contributed by atoms with Gasteiger partial charge in [0.15, 0.2) is 16.3 Å². The zero-order valence-corrected chi connectivity index (χ0v) is 9.39. The van der Waals surface area contributed by atoms with Gasteiger partial charge in [0.05, 0.1) is 0 Å². The molecule has 0 unspecified atom stereocenters. The van der Waals surface area contributed by atoms with Crippen molar-refractivity contribution in [2.24, 2.45) is 0 Å². The van der Waals surface area contributed by atoms with Crippen molar-refractivity contribution < 1.29 is 4.74 Å². The Labute approximate surface area is 97.1 Å². The minimum Gasteiger partial charge on any atom is -0.457 e. The first-order valence-corrected chi connectivity index (χ1v) is 5.55. The van der Waals surface area contributed by atoms with Crippen LogP contribution >= 0.6 is 0 Å². The van der Waals surface area contributed by atoms with Gasteiger partial charge in [0.1, 0.15) is 11.5 Å². The number of para-hydroxylation sites is 1. The van der Waals surface area contributed by atoms with Crippen LogP contribution < -0.4 is 9.16 Å². The van der Waals surface area contributed by atoms with Crippen LogP contribution in [0.3, 0.4) is 0 Å². The molecule has 3 rings (SSSR count). The van der Waals surface area contributed by atoms with Crippen molar-refractivity contribution in [3.05, 3.63) is 53.6 Å². The van der Waals surface area contributed by atoms with Crippen LogP contribution in [0.2, 0.25) is 0 Å². The van der Waals surface area contributed by atoms with E-state index in [-0.39, 0.29) is 0 Å². The van der Waals surface area contributed by atoms with Gasteiger partial charge in [0.25, 0.3) is 0 Å². The van der Waals surface area contributed by atoms with E-state index in [1.807, 2.05) is 24.3 Å². The third-order valence-electron chi connectivity index (χ3n) is 2.73. The summed E-state index contributed by atoms with van der Waals surface area (Å²) < 4.78 is 7.07. The first-order chi connectivity index (χ1) is 7.34. The highest BCUT2D eigenvalue weighted by molar-refractivity contribution is 6.33. The molecule has 0 saturated heterocycles. The summed E-state index contributed by atoms with van der Waals surface area (Å²) in [7, 11) is 0. The van der Waals surface area contributed by atoms with Crippen molar-refractivity contribution >= 4 is 20.7 Å². The van der Waals surface area contributed by atoms with Crippen LogP contribution in [0.4, 0.5) is 0 Å². The Balaban J connectivity index is 2.15. The summed E-state index contributed by atoms with van der Waals surface area (Å²) in [6, 6.07) is 14.4. The van der Waals surface area contributed by atoms with Crippen LogP contribution in [0.25, 0.3) is 0 Å². The molecule has 1 aliphatic heterocycles. The lowest BCUT2D eigenvalue weighted by Gasteiger charge is -2.21. The lowest BCUT2D eigenvalue weighted by atomic mass is 10.0.